The fraction of sp³-hybridized carbons (Fsp3) is 0.455. The molecule has 1 fully saturated rings. The predicted molar refractivity (Wildman–Crippen MR) is 111 cm³/mol. The molecule has 5 nitrogen and oxygen atoms in total. The Morgan fingerprint density at radius 1 is 1.00 bits per heavy atom. The smallest absolute Gasteiger partial charge is 0.243 e. The van der Waals surface area contributed by atoms with Crippen LogP contribution in [0.25, 0.3) is 0 Å². The van der Waals surface area contributed by atoms with E-state index >= 15 is 0 Å². The van der Waals surface area contributed by atoms with Gasteiger partial charge in [0.05, 0.1) is 31.1 Å². The third-order valence-corrected chi connectivity index (χ3v) is 7.71. The van der Waals surface area contributed by atoms with Crippen molar-refractivity contribution in [2.75, 3.05) is 32.7 Å². The van der Waals surface area contributed by atoms with E-state index < -0.39 is 16.1 Å². The van der Waals surface area contributed by atoms with Gasteiger partial charge in [-0.1, -0.05) is 56.3 Å². The predicted octanol–water partition coefficient (Wildman–Crippen LogP) is 1.82. The van der Waals surface area contributed by atoms with Crippen molar-refractivity contribution in [3.05, 3.63) is 65.7 Å². The zero-order chi connectivity index (χ0) is 20.1. The van der Waals surface area contributed by atoms with Crippen LogP contribution in [0.2, 0.25) is 0 Å². The minimum absolute atomic E-state index is 0.368. The number of aliphatic hydroxyl groups excluding tert-OH is 1. The minimum atomic E-state index is -3.46. The number of hydrogen-bond acceptors (Lipinski definition) is 3. The molecule has 0 saturated carbocycles. The van der Waals surface area contributed by atoms with Gasteiger partial charge in [0.25, 0.3) is 0 Å². The summed E-state index contributed by atoms with van der Waals surface area (Å²) in [4.78, 5) is 1.60. The summed E-state index contributed by atoms with van der Waals surface area (Å²) in [7, 11) is -3.46. The van der Waals surface area contributed by atoms with Gasteiger partial charge in [0.15, 0.2) is 0 Å². The maximum atomic E-state index is 13.0. The Hall–Kier alpha value is -1.73. The Labute approximate surface area is 168 Å². The monoisotopic (exact) mass is 403 g/mol. The zero-order valence-electron chi connectivity index (χ0n) is 16.7. The molecule has 6 heteroatoms. The fourth-order valence-electron chi connectivity index (χ4n) is 3.67. The SMILES string of the molecule is CC[C@@H](C)c1ccc(S(=O)(=O)N2CC[NH+](C[C@@H](O)c3ccccc3)CC2)cc1. The Kier molecular flexibility index (Phi) is 6.88. The third-order valence-electron chi connectivity index (χ3n) is 5.80. The molecule has 0 radical (unpaired) electrons. The first-order valence-corrected chi connectivity index (χ1v) is 11.5. The van der Waals surface area contributed by atoms with Crippen LogP contribution in [0.3, 0.4) is 0 Å². The van der Waals surface area contributed by atoms with Crippen molar-refractivity contribution in [2.24, 2.45) is 0 Å². The van der Waals surface area contributed by atoms with E-state index in [-0.39, 0.29) is 0 Å². The molecule has 1 aliphatic heterocycles. The van der Waals surface area contributed by atoms with Crippen LogP contribution in [0.5, 0.6) is 0 Å². The van der Waals surface area contributed by atoms with Gasteiger partial charge in [0, 0.05) is 0 Å². The molecule has 1 saturated heterocycles. The van der Waals surface area contributed by atoms with Crippen LogP contribution < -0.4 is 4.90 Å². The van der Waals surface area contributed by atoms with Gasteiger partial charge in [-0.15, -0.1) is 0 Å². The lowest BCUT2D eigenvalue weighted by Gasteiger charge is -2.32. The molecule has 2 aromatic rings. The highest BCUT2D eigenvalue weighted by atomic mass is 32.2. The number of quaternary nitrogens is 1. The standard InChI is InChI=1S/C22H30N2O3S/c1-3-18(2)19-9-11-21(12-10-19)28(26,27)24-15-13-23(14-16-24)17-22(25)20-7-5-4-6-8-20/h4-12,18,22,25H,3,13-17H2,1-2H3/p+1/t18-,22-/m1/s1. The Balaban J connectivity index is 1.59. The maximum Gasteiger partial charge on any atom is 0.243 e. The molecule has 0 aromatic heterocycles. The van der Waals surface area contributed by atoms with Gasteiger partial charge in [-0.25, -0.2) is 8.42 Å². The van der Waals surface area contributed by atoms with Crippen LogP contribution in [-0.4, -0.2) is 50.6 Å². The molecule has 2 N–H and O–H groups in total. The van der Waals surface area contributed by atoms with E-state index in [1.807, 2.05) is 42.5 Å². The van der Waals surface area contributed by atoms with Crippen molar-refractivity contribution in [3.8, 4) is 0 Å². The quantitative estimate of drug-likeness (QED) is 0.741. The first-order valence-electron chi connectivity index (χ1n) is 10.1. The van der Waals surface area contributed by atoms with Crippen LogP contribution >= 0.6 is 0 Å². The molecule has 0 aliphatic carbocycles. The lowest BCUT2D eigenvalue weighted by Crippen LogP contribution is -3.15. The van der Waals surface area contributed by atoms with E-state index in [1.54, 1.807) is 16.4 Å². The molecule has 28 heavy (non-hydrogen) atoms. The Morgan fingerprint density at radius 3 is 2.18 bits per heavy atom. The zero-order valence-corrected chi connectivity index (χ0v) is 17.5. The highest BCUT2D eigenvalue weighted by Gasteiger charge is 2.31. The summed E-state index contributed by atoms with van der Waals surface area (Å²) in [5.74, 6) is 0.431. The summed E-state index contributed by atoms with van der Waals surface area (Å²) in [6.07, 6.45) is 0.513. The van der Waals surface area contributed by atoms with E-state index in [0.717, 1.165) is 12.0 Å². The highest BCUT2D eigenvalue weighted by molar-refractivity contribution is 7.89. The van der Waals surface area contributed by atoms with Crippen molar-refractivity contribution in [3.63, 3.8) is 0 Å². The minimum Gasteiger partial charge on any atom is -0.382 e. The first kappa shape index (κ1) is 21.0. The second-order valence-corrected chi connectivity index (χ2v) is 9.60. The number of hydrogen-bond donors (Lipinski definition) is 2. The fourth-order valence-corrected chi connectivity index (χ4v) is 5.11. The average Bonchev–Trinajstić information content (AvgIpc) is 2.74. The first-order chi connectivity index (χ1) is 13.4. The second kappa shape index (κ2) is 9.18. The van der Waals surface area contributed by atoms with E-state index in [2.05, 4.69) is 13.8 Å². The van der Waals surface area contributed by atoms with Gasteiger partial charge in [-0.2, -0.15) is 4.31 Å². The van der Waals surface area contributed by atoms with Crippen LogP contribution in [-0.2, 0) is 10.0 Å². The van der Waals surface area contributed by atoms with E-state index in [9.17, 15) is 13.5 Å². The second-order valence-electron chi connectivity index (χ2n) is 7.66. The maximum absolute atomic E-state index is 13.0. The molecule has 0 unspecified atom stereocenters. The summed E-state index contributed by atoms with van der Waals surface area (Å²) in [6, 6.07) is 16.9. The van der Waals surface area contributed by atoms with Crippen molar-refractivity contribution in [1.29, 1.82) is 0 Å². The van der Waals surface area contributed by atoms with E-state index in [0.29, 0.717) is 43.5 Å². The third kappa shape index (κ3) is 4.81. The van der Waals surface area contributed by atoms with Gasteiger partial charge in [0.2, 0.25) is 10.0 Å². The van der Waals surface area contributed by atoms with Gasteiger partial charge in [0.1, 0.15) is 12.6 Å². The number of piperazine rings is 1. The summed E-state index contributed by atoms with van der Waals surface area (Å²) in [5, 5.41) is 10.4. The van der Waals surface area contributed by atoms with Gasteiger partial charge in [-0.05, 0) is 35.6 Å². The van der Waals surface area contributed by atoms with Gasteiger partial charge < -0.3 is 10.0 Å². The van der Waals surface area contributed by atoms with Crippen LogP contribution in [0, 0.1) is 0 Å². The molecule has 1 aliphatic rings. The highest BCUT2D eigenvalue weighted by Crippen LogP contribution is 2.22. The molecule has 2 atom stereocenters. The van der Waals surface area contributed by atoms with Gasteiger partial charge in [-0.3, -0.25) is 0 Å². The lowest BCUT2D eigenvalue weighted by atomic mass is 9.99. The van der Waals surface area contributed by atoms with Gasteiger partial charge >= 0.3 is 0 Å². The number of benzene rings is 2. The van der Waals surface area contributed by atoms with Crippen LogP contribution in [0.1, 0.15) is 43.4 Å². The molecular weight excluding hydrogens is 372 g/mol. The number of aliphatic hydroxyl groups is 1. The molecule has 152 valence electrons. The van der Waals surface area contributed by atoms with Crippen molar-refractivity contribution < 1.29 is 18.4 Å². The summed E-state index contributed by atoms with van der Waals surface area (Å²) >= 11 is 0. The molecule has 0 spiro atoms. The molecule has 3 rings (SSSR count). The van der Waals surface area contributed by atoms with Crippen molar-refractivity contribution in [1.82, 2.24) is 4.31 Å². The molecular formula is C22H31N2O3S+. The summed E-state index contributed by atoms with van der Waals surface area (Å²) in [5.41, 5.74) is 2.08. The summed E-state index contributed by atoms with van der Waals surface area (Å²) in [6.45, 7) is 7.24. The van der Waals surface area contributed by atoms with Crippen LogP contribution in [0.15, 0.2) is 59.5 Å². The normalized spacial score (nSPS) is 18.7. The Morgan fingerprint density at radius 2 is 1.61 bits per heavy atom. The number of nitrogens with one attached hydrogen (secondary N) is 1. The van der Waals surface area contributed by atoms with Crippen molar-refractivity contribution in [2.45, 2.75) is 37.2 Å². The van der Waals surface area contributed by atoms with E-state index in [4.69, 9.17) is 0 Å². The number of rotatable bonds is 7. The molecule has 1 heterocycles. The van der Waals surface area contributed by atoms with Crippen molar-refractivity contribution >= 4 is 10.0 Å². The largest absolute Gasteiger partial charge is 0.382 e. The van der Waals surface area contributed by atoms with E-state index in [1.165, 1.54) is 10.5 Å². The Bertz CT molecular complexity index is 845. The topological polar surface area (TPSA) is 62.0 Å². The molecule has 2 aromatic carbocycles. The number of sulfonamides is 1. The lowest BCUT2D eigenvalue weighted by molar-refractivity contribution is -0.907. The average molecular weight is 404 g/mol. The number of nitrogens with zero attached hydrogens (tertiary/aromatic N) is 1. The molecule has 0 amide bonds. The molecule has 0 bridgehead atoms. The van der Waals surface area contributed by atoms with Crippen LogP contribution in [0.4, 0.5) is 0 Å². The summed E-state index contributed by atoms with van der Waals surface area (Å²) < 4.78 is 27.5.